The molecule has 1 aliphatic rings. The summed E-state index contributed by atoms with van der Waals surface area (Å²) < 4.78 is 2.97. The first-order valence-corrected chi connectivity index (χ1v) is 8.46. The number of thioether (sulfide) groups is 1. The average Bonchev–Trinajstić information content (AvgIpc) is 2.83. The van der Waals surface area contributed by atoms with Gasteiger partial charge in [-0.15, -0.1) is 0 Å². The number of allylic oxidation sites excluding steroid dienone is 2. The lowest BCUT2D eigenvalue weighted by Gasteiger charge is -2.21. The summed E-state index contributed by atoms with van der Waals surface area (Å²) in [7, 11) is 0. The number of carboxylic acids is 1. The predicted octanol–water partition coefficient (Wildman–Crippen LogP) is 3.65. The van der Waals surface area contributed by atoms with Crippen molar-refractivity contribution in [2.45, 2.75) is 30.5 Å². The molecule has 3 rings (SSSR count). The number of pyridine rings is 1. The minimum atomic E-state index is -0.837. The van der Waals surface area contributed by atoms with Crippen molar-refractivity contribution in [3.63, 3.8) is 0 Å². The summed E-state index contributed by atoms with van der Waals surface area (Å²) in [5.74, 6) is -0.830. The average molecular weight is 368 g/mol. The predicted molar refractivity (Wildman–Crippen MR) is 85.6 cm³/mol. The van der Waals surface area contributed by atoms with E-state index in [0.717, 1.165) is 40.1 Å². The molecule has 5 nitrogen and oxygen atoms in total. The van der Waals surface area contributed by atoms with Crippen LogP contribution in [0.1, 0.15) is 25.3 Å². The second-order valence-corrected chi connectivity index (χ2v) is 6.74. The summed E-state index contributed by atoms with van der Waals surface area (Å²) in [6.07, 6.45) is 9.10. The summed E-state index contributed by atoms with van der Waals surface area (Å²) in [4.78, 5) is 19.9. The van der Waals surface area contributed by atoms with Crippen LogP contribution in [0.3, 0.4) is 0 Å². The highest BCUT2D eigenvalue weighted by Gasteiger charge is 2.21. The van der Waals surface area contributed by atoms with Gasteiger partial charge in [0.25, 0.3) is 0 Å². The van der Waals surface area contributed by atoms with E-state index >= 15 is 0 Å². The van der Waals surface area contributed by atoms with E-state index < -0.39 is 5.97 Å². The lowest BCUT2D eigenvalue weighted by molar-refractivity contribution is -0.133. The van der Waals surface area contributed by atoms with Gasteiger partial charge in [0.15, 0.2) is 10.8 Å². The Kier molecular flexibility index (Phi) is 4.30. The molecule has 0 bridgehead atoms. The monoisotopic (exact) mass is 367 g/mol. The van der Waals surface area contributed by atoms with Crippen molar-refractivity contribution in [1.29, 1.82) is 0 Å². The first kappa shape index (κ1) is 14.6. The lowest BCUT2D eigenvalue weighted by Crippen LogP contribution is -2.13. The van der Waals surface area contributed by atoms with Crippen molar-refractivity contribution in [1.82, 2.24) is 14.5 Å². The molecule has 0 radical (unpaired) electrons. The Morgan fingerprint density at radius 1 is 1.52 bits per heavy atom. The number of rotatable bonds is 4. The van der Waals surface area contributed by atoms with E-state index in [9.17, 15) is 4.79 Å². The van der Waals surface area contributed by atoms with Crippen LogP contribution in [0.15, 0.2) is 34.0 Å². The van der Waals surface area contributed by atoms with Crippen molar-refractivity contribution < 1.29 is 9.90 Å². The van der Waals surface area contributed by atoms with Crippen molar-refractivity contribution >= 4 is 44.8 Å². The smallest absolute Gasteiger partial charge is 0.313 e. The number of halogens is 1. The summed E-state index contributed by atoms with van der Waals surface area (Å²) >= 11 is 4.65. The maximum atomic E-state index is 10.8. The fourth-order valence-corrected chi connectivity index (χ4v) is 3.62. The van der Waals surface area contributed by atoms with Crippen LogP contribution in [0.2, 0.25) is 0 Å². The van der Waals surface area contributed by atoms with Gasteiger partial charge >= 0.3 is 5.97 Å². The Morgan fingerprint density at radius 2 is 2.38 bits per heavy atom. The molecule has 0 aliphatic heterocycles. The topological polar surface area (TPSA) is 68.0 Å². The van der Waals surface area contributed by atoms with Gasteiger partial charge in [0.1, 0.15) is 5.52 Å². The van der Waals surface area contributed by atoms with Gasteiger partial charge in [-0.25, -0.2) is 9.97 Å². The van der Waals surface area contributed by atoms with Crippen molar-refractivity contribution in [2.75, 3.05) is 5.75 Å². The minimum Gasteiger partial charge on any atom is -0.481 e. The van der Waals surface area contributed by atoms with E-state index in [1.807, 2.05) is 6.07 Å². The number of imidazole rings is 1. The number of hydrogen-bond donors (Lipinski definition) is 1. The summed E-state index contributed by atoms with van der Waals surface area (Å²) in [6.45, 7) is 0. The summed E-state index contributed by atoms with van der Waals surface area (Å²) in [6, 6.07) is 2.22. The van der Waals surface area contributed by atoms with Gasteiger partial charge in [-0.3, -0.25) is 4.79 Å². The molecule has 0 spiro atoms. The van der Waals surface area contributed by atoms with Gasteiger partial charge in [-0.2, -0.15) is 0 Å². The normalized spacial score (nSPS) is 18.2. The second kappa shape index (κ2) is 6.19. The fourth-order valence-electron chi connectivity index (χ4n) is 2.51. The summed E-state index contributed by atoms with van der Waals surface area (Å²) in [5.41, 5.74) is 1.62. The standard InChI is InChI=1S/C14H14BrN3O2S/c15-9-6-11-13(16-7-9)18(10-4-2-1-3-5-10)14(17-11)21-8-12(19)20/h1-2,6-7,10H,3-5,8H2,(H,19,20). The summed E-state index contributed by atoms with van der Waals surface area (Å²) in [5, 5.41) is 9.64. The molecule has 2 aromatic heterocycles. The minimum absolute atomic E-state index is 0.00699. The molecule has 1 atom stereocenters. The third kappa shape index (κ3) is 3.13. The van der Waals surface area contributed by atoms with Crippen LogP contribution < -0.4 is 0 Å². The van der Waals surface area contributed by atoms with Gasteiger partial charge < -0.3 is 9.67 Å². The zero-order valence-electron chi connectivity index (χ0n) is 11.2. The first-order chi connectivity index (χ1) is 10.1. The van der Waals surface area contributed by atoms with Crippen molar-refractivity contribution in [3.8, 4) is 0 Å². The second-order valence-electron chi connectivity index (χ2n) is 4.88. The SMILES string of the molecule is O=C(O)CSc1nc2cc(Br)cnc2n1C1CC=CCC1. The molecule has 1 unspecified atom stereocenters. The third-order valence-corrected chi connectivity index (χ3v) is 4.77. The molecule has 1 N–H and O–H groups in total. The third-order valence-electron chi connectivity index (χ3n) is 3.40. The molecule has 0 fully saturated rings. The number of aliphatic carboxylic acids is 1. The number of aromatic nitrogens is 3. The van der Waals surface area contributed by atoms with E-state index in [0.29, 0.717) is 6.04 Å². The molecule has 7 heteroatoms. The molecular formula is C14H14BrN3O2S. The highest BCUT2D eigenvalue weighted by molar-refractivity contribution is 9.10. The molecule has 0 aromatic carbocycles. The van der Waals surface area contributed by atoms with Crippen LogP contribution in [0.25, 0.3) is 11.2 Å². The highest BCUT2D eigenvalue weighted by Crippen LogP contribution is 2.33. The molecule has 2 aromatic rings. The maximum Gasteiger partial charge on any atom is 0.313 e. The van der Waals surface area contributed by atoms with Crippen LogP contribution in [-0.4, -0.2) is 31.4 Å². The van der Waals surface area contributed by atoms with Crippen molar-refractivity contribution in [3.05, 3.63) is 28.9 Å². The molecule has 21 heavy (non-hydrogen) atoms. The van der Waals surface area contributed by atoms with Gasteiger partial charge in [0.05, 0.1) is 5.75 Å². The number of hydrogen-bond acceptors (Lipinski definition) is 4. The maximum absolute atomic E-state index is 10.8. The molecule has 0 amide bonds. The van der Waals surface area contributed by atoms with Gasteiger partial charge in [-0.1, -0.05) is 23.9 Å². The van der Waals surface area contributed by atoms with E-state index in [1.54, 1.807) is 6.20 Å². The van der Waals surface area contributed by atoms with E-state index in [-0.39, 0.29) is 5.75 Å². The molecule has 0 saturated heterocycles. The molecule has 2 heterocycles. The Hall–Kier alpha value is -1.34. The lowest BCUT2D eigenvalue weighted by atomic mass is 10.0. The Balaban J connectivity index is 2.05. The van der Waals surface area contributed by atoms with E-state index in [1.165, 1.54) is 11.8 Å². The molecule has 0 saturated carbocycles. The van der Waals surface area contributed by atoms with E-state index in [4.69, 9.17) is 5.11 Å². The van der Waals surface area contributed by atoms with Crippen LogP contribution in [-0.2, 0) is 4.79 Å². The number of carbonyl (C=O) groups is 1. The number of nitrogens with zero attached hydrogens (tertiary/aromatic N) is 3. The Morgan fingerprint density at radius 3 is 3.10 bits per heavy atom. The zero-order valence-corrected chi connectivity index (χ0v) is 13.6. The van der Waals surface area contributed by atoms with Gasteiger partial charge in [0.2, 0.25) is 0 Å². The Bertz CT molecular complexity index is 714. The molecular weight excluding hydrogens is 354 g/mol. The van der Waals surface area contributed by atoms with E-state index in [2.05, 4.69) is 42.6 Å². The van der Waals surface area contributed by atoms with Gasteiger partial charge in [0, 0.05) is 16.7 Å². The first-order valence-electron chi connectivity index (χ1n) is 6.68. The van der Waals surface area contributed by atoms with Crippen molar-refractivity contribution in [2.24, 2.45) is 0 Å². The van der Waals surface area contributed by atoms with Crippen LogP contribution in [0.5, 0.6) is 0 Å². The Labute approximate surface area is 134 Å². The van der Waals surface area contributed by atoms with Gasteiger partial charge in [-0.05, 0) is 41.3 Å². The van der Waals surface area contributed by atoms with Crippen LogP contribution in [0.4, 0.5) is 0 Å². The van der Waals surface area contributed by atoms with Crippen LogP contribution >= 0.6 is 27.7 Å². The number of carboxylic acid groups (broad SMARTS) is 1. The fraction of sp³-hybridized carbons (Fsp3) is 0.357. The quantitative estimate of drug-likeness (QED) is 0.659. The molecule has 1 aliphatic carbocycles. The largest absolute Gasteiger partial charge is 0.481 e. The number of fused-ring (bicyclic) bond motifs is 1. The van der Waals surface area contributed by atoms with Crippen LogP contribution in [0, 0.1) is 0 Å². The zero-order chi connectivity index (χ0) is 14.8. The highest BCUT2D eigenvalue weighted by atomic mass is 79.9. The molecule has 110 valence electrons.